The zero-order chi connectivity index (χ0) is 16.9. The summed E-state index contributed by atoms with van der Waals surface area (Å²) in [6, 6.07) is 7.14. The third kappa shape index (κ3) is 4.37. The highest BCUT2D eigenvalue weighted by molar-refractivity contribution is 7.92. The first-order valence-corrected chi connectivity index (χ1v) is 9.44. The van der Waals surface area contributed by atoms with E-state index in [9.17, 15) is 13.2 Å². The molecule has 2 rings (SSSR count). The molecule has 1 fully saturated rings. The van der Waals surface area contributed by atoms with Crippen molar-refractivity contribution in [2.24, 2.45) is 0 Å². The zero-order valence-corrected chi connectivity index (χ0v) is 14.3. The lowest BCUT2D eigenvalue weighted by Gasteiger charge is -2.31. The number of hydrogen-bond donors (Lipinski definition) is 0. The third-order valence-corrected chi connectivity index (χ3v) is 6.42. The molecule has 1 aliphatic rings. The number of nitrogens with zero attached hydrogens (tertiary/aromatic N) is 1. The van der Waals surface area contributed by atoms with Gasteiger partial charge in [0.1, 0.15) is 0 Å². The summed E-state index contributed by atoms with van der Waals surface area (Å²) in [4.78, 5) is 13.9. The van der Waals surface area contributed by atoms with Crippen molar-refractivity contribution in [3.05, 3.63) is 24.3 Å². The lowest BCUT2D eigenvalue weighted by Crippen LogP contribution is -2.44. The molecule has 0 aliphatic carbocycles. The summed E-state index contributed by atoms with van der Waals surface area (Å²) >= 11 is 0. The van der Waals surface area contributed by atoms with Gasteiger partial charge in [-0.1, -0.05) is 19.1 Å². The number of amides is 1. The van der Waals surface area contributed by atoms with Crippen molar-refractivity contribution in [1.82, 2.24) is 4.90 Å². The molecule has 0 aromatic heterocycles. The number of para-hydroxylation sites is 2. The standard InChI is InChI=1S/C16H23NO5S/c1-3-23(19,20)13-8-10-17(11-9-13)16(18)12-22-15-7-5-4-6-14(15)21-2/h4-7,13H,3,8-12H2,1-2H3. The summed E-state index contributed by atoms with van der Waals surface area (Å²) < 4.78 is 34.4. The summed E-state index contributed by atoms with van der Waals surface area (Å²) in [5.41, 5.74) is 0. The number of benzene rings is 1. The van der Waals surface area contributed by atoms with Crippen LogP contribution in [-0.4, -0.2) is 57.0 Å². The van der Waals surface area contributed by atoms with E-state index in [0.717, 1.165) is 0 Å². The highest BCUT2D eigenvalue weighted by Crippen LogP contribution is 2.26. The van der Waals surface area contributed by atoms with Crippen molar-refractivity contribution in [3.8, 4) is 11.5 Å². The normalized spacial score (nSPS) is 16.2. The Hall–Kier alpha value is -1.76. The second-order valence-electron chi connectivity index (χ2n) is 5.47. The van der Waals surface area contributed by atoms with Crippen LogP contribution in [0, 0.1) is 0 Å². The minimum absolute atomic E-state index is 0.0778. The fourth-order valence-electron chi connectivity index (χ4n) is 2.67. The van der Waals surface area contributed by atoms with E-state index in [1.165, 1.54) is 0 Å². The number of carbonyl (C=O) groups is 1. The molecule has 0 unspecified atom stereocenters. The van der Waals surface area contributed by atoms with Gasteiger partial charge in [-0.05, 0) is 25.0 Å². The summed E-state index contributed by atoms with van der Waals surface area (Å²) in [7, 11) is -1.48. The van der Waals surface area contributed by atoms with Gasteiger partial charge in [-0.2, -0.15) is 0 Å². The number of piperidine rings is 1. The molecule has 0 atom stereocenters. The molecule has 0 N–H and O–H groups in total. The van der Waals surface area contributed by atoms with E-state index < -0.39 is 9.84 Å². The average molecular weight is 341 g/mol. The van der Waals surface area contributed by atoms with Gasteiger partial charge in [0, 0.05) is 18.8 Å². The number of likely N-dealkylation sites (tertiary alicyclic amines) is 1. The first-order chi connectivity index (χ1) is 11.0. The lowest BCUT2D eigenvalue weighted by atomic mass is 10.1. The minimum atomic E-state index is -3.02. The largest absolute Gasteiger partial charge is 0.493 e. The van der Waals surface area contributed by atoms with E-state index in [1.54, 1.807) is 31.1 Å². The van der Waals surface area contributed by atoms with Crippen LogP contribution in [0.5, 0.6) is 11.5 Å². The van der Waals surface area contributed by atoms with E-state index >= 15 is 0 Å². The SMILES string of the molecule is CCS(=O)(=O)C1CCN(C(=O)COc2ccccc2OC)CC1. The first kappa shape index (κ1) is 17.6. The van der Waals surface area contributed by atoms with Crippen LogP contribution in [0.2, 0.25) is 0 Å². The van der Waals surface area contributed by atoms with Crippen LogP contribution in [-0.2, 0) is 14.6 Å². The Balaban J connectivity index is 1.86. The van der Waals surface area contributed by atoms with E-state index in [4.69, 9.17) is 9.47 Å². The Labute approximate surface area is 137 Å². The Kier molecular flexibility index (Phi) is 5.87. The highest BCUT2D eigenvalue weighted by Gasteiger charge is 2.30. The van der Waals surface area contributed by atoms with Crippen molar-refractivity contribution < 1.29 is 22.7 Å². The van der Waals surface area contributed by atoms with Crippen molar-refractivity contribution in [2.75, 3.05) is 32.6 Å². The molecular weight excluding hydrogens is 318 g/mol. The number of sulfone groups is 1. The van der Waals surface area contributed by atoms with Crippen LogP contribution < -0.4 is 9.47 Å². The number of rotatable bonds is 6. The van der Waals surface area contributed by atoms with Crippen LogP contribution in [0.25, 0.3) is 0 Å². The Morgan fingerprint density at radius 1 is 1.22 bits per heavy atom. The number of hydrogen-bond acceptors (Lipinski definition) is 5. The molecule has 0 radical (unpaired) electrons. The van der Waals surface area contributed by atoms with Gasteiger partial charge in [0.05, 0.1) is 12.4 Å². The smallest absolute Gasteiger partial charge is 0.260 e. The van der Waals surface area contributed by atoms with Crippen molar-refractivity contribution in [2.45, 2.75) is 25.0 Å². The quantitative estimate of drug-likeness (QED) is 0.784. The molecule has 1 aromatic carbocycles. The molecule has 0 saturated carbocycles. The molecule has 1 heterocycles. The average Bonchev–Trinajstić information content (AvgIpc) is 2.60. The topological polar surface area (TPSA) is 72.9 Å². The lowest BCUT2D eigenvalue weighted by molar-refractivity contribution is -0.134. The van der Waals surface area contributed by atoms with Crippen molar-refractivity contribution in [3.63, 3.8) is 0 Å². The Morgan fingerprint density at radius 3 is 2.39 bits per heavy atom. The molecule has 128 valence electrons. The molecule has 6 nitrogen and oxygen atoms in total. The molecule has 1 amide bonds. The van der Waals surface area contributed by atoms with Gasteiger partial charge in [0.15, 0.2) is 27.9 Å². The molecular formula is C16H23NO5S. The maximum absolute atomic E-state index is 12.2. The fraction of sp³-hybridized carbons (Fsp3) is 0.562. The molecule has 23 heavy (non-hydrogen) atoms. The molecule has 1 aliphatic heterocycles. The Morgan fingerprint density at radius 2 is 1.83 bits per heavy atom. The number of methoxy groups -OCH3 is 1. The number of carbonyl (C=O) groups excluding carboxylic acids is 1. The monoisotopic (exact) mass is 341 g/mol. The fourth-order valence-corrected chi connectivity index (χ4v) is 4.07. The molecule has 7 heteroatoms. The van der Waals surface area contributed by atoms with Crippen molar-refractivity contribution >= 4 is 15.7 Å². The molecule has 0 spiro atoms. The van der Waals surface area contributed by atoms with E-state index in [0.29, 0.717) is 37.4 Å². The van der Waals surface area contributed by atoms with Crippen LogP contribution >= 0.6 is 0 Å². The molecule has 1 aromatic rings. The summed E-state index contributed by atoms with van der Waals surface area (Å²) in [6.07, 6.45) is 0.993. The van der Waals surface area contributed by atoms with Gasteiger partial charge < -0.3 is 14.4 Å². The summed E-state index contributed by atoms with van der Waals surface area (Å²) in [5, 5.41) is -0.327. The summed E-state index contributed by atoms with van der Waals surface area (Å²) in [6.45, 7) is 2.50. The van der Waals surface area contributed by atoms with Crippen LogP contribution in [0.3, 0.4) is 0 Å². The van der Waals surface area contributed by atoms with Crippen molar-refractivity contribution in [1.29, 1.82) is 0 Å². The maximum Gasteiger partial charge on any atom is 0.260 e. The Bertz CT molecular complexity index is 636. The van der Waals surface area contributed by atoms with Gasteiger partial charge >= 0.3 is 0 Å². The van der Waals surface area contributed by atoms with Gasteiger partial charge in [0.25, 0.3) is 5.91 Å². The first-order valence-electron chi connectivity index (χ1n) is 7.73. The minimum Gasteiger partial charge on any atom is -0.493 e. The van der Waals surface area contributed by atoms with Crippen LogP contribution in [0.4, 0.5) is 0 Å². The van der Waals surface area contributed by atoms with E-state index in [1.807, 2.05) is 12.1 Å². The van der Waals surface area contributed by atoms with Gasteiger partial charge in [-0.15, -0.1) is 0 Å². The molecule has 1 saturated heterocycles. The third-order valence-electron chi connectivity index (χ3n) is 4.13. The second kappa shape index (κ2) is 7.68. The highest BCUT2D eigenvalue weighted by atomic mass is 32.2. The van der Waals surface area contributed by atoms with E-state index in [2.05, 4.69) is 0 Å². The predicted molar refractivity (Wildman–Crippen MR) is 87.6 cm³/mol. The van der Waals surface area contributed by atoms with Gasteiger partial charge in [0.2, 0.25) is 0 Å². The molecule has 0 bridgehead atoms. The van der Waals surface area contributed by atoms with Crippen LogP contribution in [0.15, 0.2) is 24.3 Å². The van der Waals surface area contributed by atoms with Crippen LogP contribution in [0.1, 0.15) is 19.8 Å². The van der Waals surface area contributed by atoms with Gasteiger partial charge in [-0.3, -0.25) is 4.79 Å². The maximum atomic E-state index is 12.2. The van der Waals surface area contributed by atoms with E-state index in [-0.39, 0.29) is 23.5 Å². The predicted octanol–water partition coefficient (Wildman–Crippen LogP) is 1.50. The zero-order valence-electron chi connectivity index (χ0n) is 13.5. The summed E-state index contributed by atoms with van der Waals surface area (Å²) in [5.74, 6) is 1.12. The number of ether oxygens (including phenoxy) is 2. The second-order valence-corrected chi connectivity index (χ2v) is 8.04. The van der Waals surface area contributed by atoms with Gasteiger partial charge in [-0.25, -0.2) is 8.42 Å².